The van der Waals surface area contributed by atoms with Crippen LogP contribution < -0.4 is 9.88 Å². The Bertz CT molecular complexity index is 1060. The van der Waals surface area contributed by atoms with Crippen molar-refractivity contribution in [3.05, 3.63) is 60.5 Å². The Kier molecular flexibility index (Phi) is 4.83. The first-order valence-corrected chi connectivity index (χ1v) is 10.7. The van der Waals surface area contributed by atoms with Gasteiger partial charge in [-0.25, -0.2) is 17.8 Å². The van der Waals surface area contributed by atoms with Crippen molar-refractivity contribution in [2.75, 3.05) is 18.0 Å². The first-order chi connectivity index (χ1) is 13.1. The van der Waals surface area contributed by atoms with E-state index in [9.17, 15) is 12.8 Å². The number of rotatable bonds is 3. The first-order valence-electron chi connectivity index (χ1n) is 9.26. The summed E-state index contributed by atoms with van der Waals surface area (Å²) in [6, 6.07) is 12.9. The van der Waals surface area contributed by atoms with E-state index in [1.165, 1.54) is 12.1 Å². The van der Waals surface area contributed by atoms with Gasteiger partial charge in [0.25, 0.3) is 0 Å². The second-order valence-electron chi connectivity index (χ2n) is 6.91. The zero-order valence-corrected chi connectivity index (χ0v) is 15.8. The molecule has 140 valence electrons. The third-order valence-electron chi connectivity index (χ3n) is 5.09. The molecule has 1 N–H and O–H groups in total. The number of aromatic nitrogens is 1. The van der Waals surface area contributed by atoms with Gasteiger partial charge in [-0.05, 0) is 37.1 Å². The normalized spacial score (nSPS) is 15.7. The van der Waals surface area contributed by atoms with Crippen LogP contribution in [-0.4, -0.2) is 21.5 Å². The Hall–Kier alpha value is -2.47. The topological polar surface area (TPSA) is 51.5 Å². The Balaban J connectivity index is 1.98. The average Bonchev–Trinajstić information content (AvgIpc) is 2.97. The number of halogens is 1. The van der Waals surface area contributed by atoms with Crippen LogP contribution in [0.3, 0.4) is 0 Å². The second-order valence-corrected chi connectivity index (χ2v) is 8.83. The van der Waals surface area contributed by atoms with Crippen LogP contribution in [0, 0.1) is 5.82 Å². The lowest BCUT2D eigenvalue weighted by Gasteiger charge is -2.25. The van der Waals surface area contributed by atoms with Gasteiger partial charge in [-0.3, -0.25) is 0 Å². The quantitative estimate of drug-likeness (QED) is 0.685. The number of benzene rings is 2. The van der Waals surface area contributed by atoms with Crippen LogP contribution in [0.2, 0.25) is 0 Å². The van der Waals surface area contributed by atoms with E-state index >= 15 is 0 Å². The molecule has 4 nitrogen and oxygen atoms in total. The monoisotopic (exact) mass is 385 g/mol. The van der Waals surface area contributed by atoms with Crippen molar-refractivity contribution in [3.8, 4) is 0 Å². The van der Waals surface area contributed by atoms with Gasteiger partial charge in [-0.1, -0.05) is 31.0 Å². The minimum Gasteiger partial charge on any atom is -0.370 e. The van der Waals surface area contributed by atoms with Crippen molar-refractivity contribution in [2.24, 2.45) is 0 Å². The molecule has 6 heteroatoms. The predicted molar refractivity (Wildman–Crippen MR) is 103 cm³/mol. The number of sulfone groups is 1. The van der Waals surface area contributed by atoms with E-state index in [2.05, 4.69) is 9.88 Å². The number of fused-ring (bicyclic) bond motifs is 1. The number of hydrogen-bond acceptors (Lipinski definition) is 3. The summed E-state index contributed by atoms with van der Waals surface area (Å²) in [5.41, 5.74) is 1.33. The molecule has 0 radical (unpaired) electrons. The maximum Gasteiger partial charge on any atom is 0.214 e. The zero-order chi connectivity index (χ0) is 18.9. The molecule has 0 atom stereocenters. The third kappa shape index (κ3) is 3.41. The average molecular weight is 385 g/mol. The molecular weight excluding hydrogens is 363 g/mol. The summed E-state index contributed by atoms with van der Waals surface area (Å²) in [7, 11) is -3.73. The van der Waals surface area contributed by atoms with Crippen LogP contribution in [-0.2, 0) is 9.84 Å². The van der Waals surface area contributed by atoms with Crippen molar-refractivity contribution < 1.29 is 17.8 Å². The molecule has 1 aliphatic heterocycles. The molecule has 1 aromatic heterocycles. The largest absolute Gasteiger partial charge is 0.370 e. The van der Waals surface area contributed by atoms with Crippen LogP contribution in [0.5, 0.6) is 0 Å². The van der Waals surface area contributed by atoms with Crippen LogP contribution >= 0.6 is 0 Å². The molecule has 0 aliphatic carbocycles. The Morgan fingerprint density at radius 2 is 1.63 bits per heavy atom. The number of hydrogen-bond donors (Lipinski definition) is 0. The minimum atomic E-state index is -3.73. The van der Waals surface area contributed by atoms with Crippen molar-refractivity contribution in [1.29, 1.82) is 0 Å². The SMILES string of the molecule is O=S(=O)(c1ccccc1)c1c[nH+]c2ccc(F)cc2c1N1CCCCCC1. The maximum atomic E-state index is 14.0. The highest BCUT2D eigenvalue weighted by Gasteiger charge is 2.29. The number of H-pyrrole nitrogens is 1. The van der Waals surface area contributed by atoms with Gasteiger partial charge in [0, 0.05) is 19.2 Å². The maximum absolute atomic E-state index is 14.0. The molecule has 0 bridgehead atoms. The number of anilines is 1. The summed E-state index contributed by atoms with van der Waals surface area (Å²) in [6.07, 6.45) is 5.80. The number of pyridine rings is 1. The Morgan fingerprint density at radius 3 is 2.33 bits per heavy atom. The molecule has 2 aromatic carbocycles. The molecule has 1 saturated heterocycles. The highest BCUT2D eigenvalue weighted by atomic mass is 32.2. The van der Waals surface area contributed by atoms with Gasteiger partial charge in [0.05, 0.1) is 16.0 Å². The lowest BCUT2D eigenvalue weighted by Crippen LogP contribution is -2.27. The van der Waals surface area contributed by atoms with Crippen LogP contribution in [0.25, 0.3) is 10.9 Å². The van der Waals surface area contributed by atoms with Gasteiger partial charge < -0.3 is 4.90 Å². The fraction of sp³-hybridized carbons (Fsp3) is 0.286. The Labute approximate surface area is 158 Å². The molecule has 0 unspecified atom stereocenters. The molecule has 0 saturated carbocycles. The lowest BCUT2D eigenvalue weighted by molar-refractivity contribution is -0.347. The van der Waals surface area contributed by atoms with Crippen LogP contribution in [0.4, 0.5) is 10.1 Å². The molecular formula is C21H22FN2O2S+. The van der Waals surface area contributed by atoms with Crippen LogP contribution in [0.15, 0.2) is 64.5 Å². The number of nitrogens with zero attached hydrogens (tertiary/aromatic N) is 1. The number of nitrogens with one attached hydrogen (secondary N) is 1. The summed E-state index contributed by atoms with van der Waals surface area (Å²) < 4.78 is 40.8. The smallest absolute Gasteiger partial charge is 0.214 e. The van der Waals surface area contributed by atoms with E-state index in [1.807, 2.05) is 0 Å². The summed E-state index contributed by atoms with van der Waals surface area (Å²) in [5, 5.41) is 0.605. The molecule has 0 spiro atoms. The van der Waals surface area contributed by atoms with Crippen molar-refractivity contribution in [2.45, 2.75) is 35.5 Å². The second kappa shape index (κ2) is 7.27. The van der Waals surface area contributed by atoms with Gasteiger partial charge in [0.2, 0.25) is 15.4 Å². The van der Waals surface area contributed by atoms with E-state index in [1.54, 1.807) is 42.6 Å². The molecule has 3 aromatic rings. The molecule has 1 fully saturated rings. The third-order valence-corrected chi connectivity index (χ3v) is 6.88. The van der Waals surface area contributed by atoms with Gasteiger partial charge >= 0.3 is 0 Å². The van der Waals surface area contributed by atoms with Gasteiger partial charge in [-0.15, -0.1) is 0 Å². The van der Waals surface area contributed by atoms with Gasteiger partial charge in [0.15, 0.2) is 11.1 Å². The predicted octanol–water partition coefficient (Wildman–Crippen LogP) is 4.01. The first kappa shape index (κ1) is 17.9. The molecule has 0 amide bonds. The van der Waals surface area contributed by atoms with Crippen LogP contribution in [0.1, 0.15) is 25.7 Å². The molecule has 1 aliphatic rings. The van der Waals surface area contributed by atoms with Crippen molar-refractivity contribution in [1.82, 2.24) is 0 Å². The molecule has 4 rings (SSSR count). The van der Waals surface area contributed by atoms with E-state index in [0.717, 1.165) is 44.3 Å². The van der Waals surface area contributed by atoms with Gasteiger partial charge in [-0.2, -0.15) is 0 Å². The Morgan fingerprint density at radius 1 is 0.926 bits per heavy atom. The lowest BCUT2D eigenvalue weighted by atomic mass is 10.1. The summed E-state index contributed by atoms with van der Waals surface area (Å²) in [5.74, 6) is -0.374. The van der Waals surface area contributed by atoms with Crippen molar-refractivity contribution in [3.63, 3.8) is 0 Å². The summed E-state index contributed by atoms with van der Waals surface area (Å²) >= 11 is 0. The van der Waals surface area contributed by atoms with E-state index in [4.69, 9.17) is 0 Å². The summed E-state index contributed by atoms with van der Waals surface area (Å²) in [4.78, 5) is 5.60. The molecule has 27 heavy (non-hydrogen) atoms. The van der Waals surface area contributed by atoms with E-state index < -0.39 is 9.84 Å². The van der Waals surface area contributed by atoms with Crippen molar-refractivity contribution >= 4 is 26.4 Å². The van der Waals surface area contributed by atoms with Gasteiger partial charge in [0.1, 0.15) is 5.82 Å². The minimum absolute atomic E-state index is 0.202. The number of aromatic amines is 1. The highest BCUT2D eigenvalue weighted by molar-refractivity contribution is 7.91. The fourth-order valence-electron chi connectivity index (χ4n) is 3.73. The van der Waals surface area contributed by atoms with E-state index in [-0.39, 0.29) is 15.6 Å². The zero-order valence-electron chi connectivity index (χ0n) is 15.0. The molecule has 2 heterocycles. The fourth-order valence-corrected chi connectivity index (χ4v) is 5.21. The highest BCUT2D eigenvalue weighted by Crippen LogP contribution is 2.36. The summed E-state index contributed by atoms with van der Waals surface area (Å²) in [6.45, 7) is 1.54. The van der Waals surface area contributed by atoms with E-state index in [0.29, 0.717) is 11.1 Å². The standard InChI is InChI=1S/C21H21FN2O2S/c22-16-10-11-19-18(14-16)21(24-12-6-1-2-7-13-24)20(15-23-19)27(25,26)17-8-4-3-5-9-17/h3-5,8-11,14-15H,1-2,6-7,12-13H2/p+1.